The Hall–Kier alpha value is -0.910. The molecule has 1 aliphatic rings. The molecule has 1 aliphatic heterocycles. The Kier molecular flexibility index (Phi) is 6.67. The molecule has 0 aliphatic carbocycles. The topological polar surface area (TPSA) is 42.3 Å². The minimum atomic E-state index is 0.630. The summed E-state index contributed by atoms with van der Waals surface area (Å²) in [4.78, 5) is 2.50. The summed E-state index contributed by atoms with van der Waals surface area (Å²) in [6, 6.07) is 2.89. The first-order chi connectivity index (χ1) is 10.3. The second kappa shape index (κ2) is 8.51. The molecule has 5 nitrogen and oxygen atoms in total. The lowest BCUT2D eigenvalue weighted by Crippen LogP contribution is -2.39. The zero-order valence-electron chi connectivity index (χ0n) is 13.8. The highest BCUT2D eigenvalue weighted by molar-refractivity contribution is 5.10. The highest BCUT2D eigenvalue weighted by Crippen LogP contribution is 2.12. The standard InChI is InChI=1S/C16H30N4O/c1-4-14-11-16(20(5-2)18-14)13-19(9-10-21-3)12-15-7-6-8-17-15/h11,15,17H,4-10,12-13H2,1-3H3. The van der Waals surface area contributed by atoms with Crippen LogP contribution in [-0.2, 0) is 24.2 Å². The van der Waals surface area contributed by atoms with E-state index in [1.54, 1.807) is 7.11 Å². The highest BCUT2D eigenvalue weighted by atomic mass is 16.5. The van der Waals surface area contributed by atoms with Gasteiger partial charge in [-0.15, -0.1) is 0 Å². The van der Waals surface area contributed by atoms with E-state index >= 15 is 0 Å². The van der Waals surface area contributed by atoms with Gasteiger partial charge in [0.15, 0.2) is 0 Å². The van der Waals surface area contributed by atoms with E-state index in [1.165, 1.54) is 24.2 Å². The SMILES string of the molecule is CCc1cc(CN(CCOC)CC2CCCN2)n(CC)n1. The Morgan fingerprint density at radius 1 is 1.48 bits per heavy atom. The fourth-order valence-corrected chi connectivity index (χ4v) is 3.00. The molecule has 1 aromatic rings. The fourth-order valence-electron chi connectivity index (χ4n) is 3.00. The molecule has 5 heteroatoms. The van der Waals surface area contributed by atoms with Gasteiger partial charge in [-0.05, 0) is 38.8 Å². The molecule has 2 rings (SSSR count). The average molecular weight is 294 g/mol. The van der Waals surface area contributed by atoms with E-state index in [0.717, 1.165) is 45.8 Å². The van der Waals surface area contributed by atoms with Gasteiger partial charge in [0.25, 0.3) is 0 Å². The van der Waals surface area contributed by atoms with Crippen LogP contribution in [0.2, 0.25) is 0 Å². The number of aryl methyl sites for hydroxylation is 2. The van der Waals surface area contributed by atoms with E-state index in [9.17, 15) is 0 Å². The van der Waals surface area contributed by atoms with Crippen molar-refractivity contribution in [1.82, 2.24) is 20.0 Å². The molecule has 1 N–H and O–H groups in total. The smallest absolute Gasteiger partial charge is 0.0625 e. The first-order valence-corrected chi connectivity index (χ1v) is 8.27. The Morgan fingerprint density at radius 2 is 2.33 bits per heavy atom. The first kappa shape index (κ1) is 16.5. The fraction of sp³-hybridized carbons (Fsp3) is 0.812. The third kappa shape index (κ3) is 4.80. The van der Waals surface area contributed by atoms with Crippen LogP contribution in [-0.4, -0.2) is 54.1 Å². The predicted octanol–water partition coefficient (Wildman–Crippen LogP) is 1.67. The quantitative estimate of drug-likeness (QED) is 0.752. The van der Waals surface area contributed by atoms with E-state index in [1.807, 2.05) is 0 Å². The van der Waals surface area contributed by atoms with Crippen molar-refractivity contribution in [2.24, 2.45) is 0 Å². The summed E-state index contributed by atoms with van der Waals surface area (Å²) in [6.45, 7) is 10.2. The van der Waals surface area contributed by atoms with E-state index in [0.29, 0.717) is 6.04 Å². The first-order valence-electron chi connectivity index (χ1n) is 8.27. The molecule has 0 saturated carbocycles. The number of methoxy groups -OCH3 is 1. The Balaban J connectivity index is 2.00. The lowest BCUT2D eigenvalue weighted by atomic mass is 10.2. The van der Waals surface area contributed by atoms with Crippen LogP contribution in [0, 0.1) is 0 Å². The number of hydrogen-bond donors (Lipinski definition) is 1. The van der Waals surface area contributed by atoms with Crippen LogP contribution >= 0.6 is 0 Å². The molecule has 2 heterocycles. The molecule has 1 fully saturated rings. The summed E-state index contributed by atoms with van der Waals surface area (Å²) in [5, 5.41) is 8.24. The molecule has 0 amide bonds. The normalized spacial score (nSPS) is 18.8. The molecular weight excluding hydrogens is 264 g/mol. The molecule has 0 aromatic carbocycles. The maximum atomic E-state index is 5.27. The third-order valence-corrected chi connectivity index (χ3v) is 4.21. The van der Waals surface area contributed by atoms with Crippen LogP contribution in [0.25, 0.3) is 0 Å². The van der Waals surface area contributed by atoms with Crippen LogP contribution in [0.1, 0.15) is 38.1 Å². The maximum absolute atomic E-state index is 5.27. The number of rotatable bonds is 9. The van der Waals surface area contributed by atoms with E-state index < -0.39 is 0 Å². The van der Waals surface area contributed by atoms with Gasteiger partial charge in [-0.3, -0.25) is 9.58 Å². The summed E-state index contributed by atoms with van der Waals surface area (Å²) in [5.41, 5.74) is 2.51. The van der Waals surface area contributed by atoms with Gasteiger partial charge in [0.05, 0.1) is 18.0 Å². The van der Waals surface area contributed by atoms with Crippen LogP contribution in [0.3, 0.4) is 0 Å². The van der Waals surface area contributed by atoms with Gasteiger partial charge in [-0.1, -0.05) is 6.92 Å². The number of aromatic nitrogens is 2. The number of nitrogens with one attached hydrogen (secondary N) is 1. The van der Waals surface area contributed by atoms with Gasteiger partial charge in [0.2, 0.25) is 0 Å². The zero-order valence-corrected chi connectivity index (χ0v) is 13.8. The van der Waals surface area contributed by atoms with E-state index in [2.05, 4.69) is 39.9 Å². The number of hydrogen-bond acceptors (Lipinski definition) is 4. The predicted molar refractivity (Wildman–Crippen MR) is 85.5 cm³/mol. The molecule has 1 aromatic heterocycles. The van der Waals surface area contributed by atoms with Gasteiger partial charge >= 0.3 is 0 Å². The molecule has 0 spiro atoms. The minimum Gasteiger partial charge on any atom is -0.383 e. The molecule has 1 unspecified atom stereocenters. The van der Waals surface area contributed by atoms with E-state index in [-0.39, 0.29) is 0 Å². The van der Waals surface area contributed by atoms with Gasteiger partial charge in [0, 0.05) is 39.3 Å². The van der Waals surface area contributed by atoms with Crippen LogP contribution in [0.15, 0.2) is 6.07 Å². The van der Waals surface area contributed by atoms with Crippen molar-refractivity contribution in [3.8, 4) is 0 Å². The summed E-state index contributed by atoms with van der Waals surface area (Å²) >= 11 is 0. The average Bonchev–Trinajstić information content (AvgIpc) is 3.14. The number of ether oxygens (including phenoxy) is 1. The molecule has 0 radical (unpaired) electrons. The molecule has 1 atom stereocenters. The van der Waals surface area contributed by atoms with Crippen molar-refractivity contribution in [3.63, 3.8) is 0 Å². The van der Waals surface area contributed by atoms with Crippen molar-refractivity contribution in [3.05, 3.63) is 17.5 Å². The molecular formula is C16H30N4O. The summed E-state index contributed by atoms with van der Waals surface area (Å²) in [7, 11) is 1.78. The lowest BCUT2D eigenvalue weighted by molar-refractivity contribution is 0.136. The van der Waals surface area contributed by atoms with Crippen molar-refractivity contribution < 1.29 is 4.74 Å². The zero-order chi connectivity index (χ0) is 15.1. The second-order valence-corrected chi connectivity index (χ2v) is 5.82. The molecule has 120 valence electrons. The van der Waals surface area contributed by atoms with Gasteiger partial charge in [0.1, 0.15) is 0 Å². The lowest BCUT2D eigenvalue weighted by Gasteiger charge is -2.25. The van der Waals surface area contributed by atoms with Crippen LogP contribution in [0.5, 0.6) is 0 Å². The van der Waals surface area contributed by atoms with Gasteiger partial charge in [-0.25, -0.2) is 0 Å². The van der Waals surface area contributed by atoms with Crippen molar-refractivity contribution in [2.45, 2.75) is 52.2 Å². The molecule has 1 saturated heterocycles. The van der Waals surface area contributed by atoms with Crippen molar-refractivity contribution in [1.29, 1.82) is 0 Å². The van der Waals surface area contributed by atoms with Gasteiger partial charge in [-0.2, -0.15) is 5.10 Å². The minimum absolute atomic E-state index is 0.630. The molecule has 21 heavy (non-hydrogen) atoms. The maximum Gasteiger partial charge on any atom is 0.0625 e. The van der Waals surface area contributed by atoms with E-state index in [4.69, 9.17) is 4.74 Å². The highest BCUT2D eigenvalue weighted by Gasteiger charge is 2.19. The molecule has 0 bridgehead atoms. The van der Waals surface area contributed by atoms with Gasteiger partial charge < -0.3 is 10.1 Å². The Bertz CT molecular complexity index is 412. The summed E-state index contributed by atoms with van der Waals surface area (Å²) in [6.07, 6.45) is 3.59. The monoisotopic (exact) mass is 294 g/mol. The Morgan fingerprint density at radius 3 is 2.95 bits per heavy atom. The Labute approximate surface area is 128 Å². The third-order valence-electron chi connectivity index (χ3n) is 4.21. The van der Waals surface area contributed by atoms with Crippen LogP contribution in [0.4, 0.5) is 0 Å². The van der Waals surface area contributed by atoms with Crippen molar-refractivity contribution in [2.75, 3.05) is 33.4 Å². The van der Waals surface area contributed by atoms with Crippen LogP contribution < -0.4 is 5.32 Å². The largest absolute Gasteiger partial charge is 0.383 e. The summed E-state index contributed by atoms with van der Waals surface area (Å²) in [5.74, 6) is 0. The van der Waals surface area contributed by atoms with Crippen molar-refractivity contribution >= 4 is 0 Å². The second-order valence-electron chi connectivity index (χ2n) is 5.82. The number of nitrogens with zero attached hydrogens (tertiary/aromatic N) is 3. The summed E-state index contributed by atoms with van der Waals surface area (Å²) < 4.78 is 7.41.